The summed E-state index contributed by atoms with van der Waals surface area (Å²) in [7, 11) is 0. The fraction of sp³-hybridized carbons (Fsp3) is 0.350. The molecule has 0 unspecified atom stereocenters. The fourth-order valence-electron chi connectivity index (χ4n) is 3.25. The van der Waals surface area contributed by atoms with Gasteiger partial charge in [0.15, 0.2) is 0 Å². The summed E-state index contributed by atoms with van der Waals surface area (Å²) in [5.74, 6) is 0.827. The standard InChI is InChI=1S/C20H24N2O/c21-15-18-6-8-19(9-7-18)20(23)22-12-10-17(11-13-22)14-16-4-2-1-3-5-16/h1-9,17H,10-15,21H2. The van der Waals surface area contributed by atoms with Gasteiger partial charge in [0.2, 0.25) is 0 Å². The van der Waals surface area contributed by atoms with Gasteiger partial charge in [-0.15, -0.1) is 0 Å². The summed E-state index contributed by atoms with van der Waals surface area (Å²) in [4.78, 5) is 14.5. The molecule has 1 aliphatic rings. The highest BCUT2D eigenvalue weighted by Crippen LogP contribution is 2.23. The van der Waals surface area contributed by atoms with Gasteiger partial charge in [-0.2, -0.15) is 0 Å². The summed E-state index contributed by atoms with van der Waals surface area (Å²) < 4.78 is 0. The number of rotatable bonds is 4. The predicted octanol–water partition coefficient (Wildman–Crippen LogP) is 3.24. The molecule has 1 amide bonds. The average Bonchev–Trinajstić information content (AvgIpc) is 2.63. The van der Waals surface area contributed by atoms with E-state index in [2.05, 4.69) is 30.3 Å². The van der Waals surface area contributed by atoms with Gasteiger partial charge in [0, 0.05) is 25.2 Å². The molecule has 3 rings (SSSR count). The SMILES string of the molecule is NCc1ccc(C(=O)N2CCC(Cc3ccccc3)CC2)cc1. The number of carbonyl (C=O) groups excluding carboxylic acids is 1. The lowest BCUT2D eigenvalue weighted by atomic mass is 9.90. The zero-order chi connectivity index (χ0) is 16.1. The Hall–Kier alpha value is -2.13. The smallest absolute Gasteiger partial charge is 0.253 e. The van der Waals surface area contributed by atoms with Crippen LogP contribution in [0, 0.1) is 5.92 Å². The number of hydrogen-bond donors (Lipinski definition) is 1. The van der Waals surface area contributed by atoms with Gasteiger partial charge in [-0.3, -0.25) is 4.79 Å². The van der Waals surface area contributed by atoms with Crippen molar-refractivity contribution in [3.8, 4) is 0 Å². The molecule has 0 atom stereocenters. The third kappa shape index (κ3) is 3.99. The lowest BCUT2D eigenvalue weighted by Crippen LogP contribution is -2.38. The van der Waals surface area contributed by atoms with Gasteiger partial charge >= 0.3 is 0 Å². The maximum atomic E-state index is 12.6. The Morgan fingerprint density at radius 3 is 2.22 bits per heavy atom. The number of benzene rings is 2. The van der Waals surface area contributed by atoms with Crippen molar-refractivity contribution < 1.29 is 4.79 Å². The minimum atomic E-state index is 0.145. The van der Waals surface area contributed by atoms with Crippen LogP contribution in [0.15, 0.2) is 54.6 Å². The zero-order valence-corrected chi connectivity index (χ0v) is 13.4. The van der Waals surface area contributed by atoms with E-state index in [4.69, 9.17) is 5.73 Å². The number of hydrogen-bond acceptors (Lipinski definition) is 2. The Bertz CT molecular complexity index is 628. The van der Waals surface area contributed by atoms with Crippen molar-refractivity contribution in [2.45, 2.75) is 25.8 Å². The van der Waals surface area contributed by atoms with Crippen LogP contribution in [-0.2, 0) is 13.0 Å². The van der Waals surface area contributed by atoms with Gasteiger partial charge in [-0.25, -0.2) is 0 Å². The molecule has 1 fully saturated rings. The summed E-state index contributed by atoms with van der Waals surface area (Å²) in [6.45, 7) is 2.23. The molecule has 1 aliphatic heterocycles. The highest BCUT2D eigenvalue weighted by atomic mass is 16.2. The summed E-state index contributed by atoms with van der Waals surface area (Å²) in [5.41, 5.74) is 8.83. The van der Waals surface area contributed by atoms with Gasteiger partial charge in [-0.1, -0.05) is 42.5 Å². The second-order valence-electron chi connectivity index (χ2n) is 6.33. The van der Waals surface area contributed by atoms with Crippen LogP contribution >= 0.6 is 0 Å². The second-order valence-corrected chi connectivity index (χ2v) is 6.33. The molecule has 0 aromatic heterocycles. The van der Waals surface area contributed by atoms with E-state index < -0.39 is 0 Å². The molecule has 1 heterocycles. The zero-order valence-electron chi connectivity index (χ0n) is 13.4. The Kier molecular flexibility index (Phi) is 5.09. The van der Waals surface area contributed by atoms with E-state index in [0.29, 0.717) is 12.5 Å². The third-order valence-corrected chi connectivity index (χ3v) is 4.71. The van der Waals surface area contributed by atoms with E-state index in [-0.39, 0.29) is 5.91 Å². The molecule has 2 aromatic rings. The van der Waals surface area contributed by atoms with Crippen molar-refractivity contribution in [3.63, 3.8) is 0 Å². The van der Waals surface area contributed by atoms with Crippen LogP contribution in [0.5, 0.6) is 0 Å². The van der Waals surface area contributed by atoms with Crippen LogP contribution in [0.1, 0.15) is 34.3 Å². The van der Waals surface area contributed by atoms with Gasteiger partial charge in [0.05, 0.1) is 0 Å². The van der Waals surface area contributed by atoms with Crippen molar-refractivity contribution in [1.29, 1.82) is 0 Å². The van der Waals surface area contributed by atoms with Crippen molar-refractivity contribution in [2.24, 2.45) is 11.7 Å². The molecule has 0 saturated carbocycles. The summed E-state index contributed by atoms with van der Waals surface area (Å²) in [6, 6.07) is 18.3. The molecule has 0 aliphatic carbocycles. The van der Waals surface area contributed by atoms with Gasteiger partial charge in [0.1, 0.15) is 0 Å². The van der Waals surface area contributed by atoms with Gasteiger partial charge in [0.25, 0.3) is 5.91 Å². The molecule has 2 N–H and O–H groups in total. The first kappa shape index (κ1) is 15.8. The number of amides is 1. The normalized spacial score (nSPS) is 15.6. The number of nitrogens with zero attached hydrogens (tertiary/aromatic N) is 1. The maximum Gasteiger partial charge on any atom is 0.253 e. The second kappa shape index (κ2) is 7.42. The monoisotopic (exact) mass is 308 g/mol. The number of carbonyl (C=O) groups is 1. The molecule has 0 bridgehead atoms. The van der Waals surface area contributed by atoms with E-state index in [1.165, 1.54) is 5.56 Å². The van der Waals surface area contributed by atoms with Crippen molar-refractivity contribution in [2.75, 3.05) is 13.1 Å². The first-order chi connectivity index (χ1) is 11.3. The van der Waals surface area contributed by atoms with Gasteiger partial charge < -0.3 is 10.6 Å². The Morgan fingerprint density at radius 1 is 0.957 bits per heavy atom. The van der Waals surface area contributed by atoms with Crippen molar-refractivity contribution in [1.82, 2.24) is 4.90 Å². The van der Waals surface area contributed by atoms with Crippen LogP contribution < -0.4 is 5.73 Å². The number of likely N-dealkylation sites (tertiary alicyclic amines) is 1. The Balaban J connectivity index is 1.54. The van der Waals surface area contributed by atoms with Crippen LogP contribution in [0.4, 0.5) is 0 Å². The third-order valence-electron chi connectivity index (χ3n) is 4.71. The Morgan fingerprint density at radius 2 is 1.61 bits per heavy atom. The van der Waals surface area contributed by atoms with Crippen LogP contribution in [0.2, 0.25) is 0 Å². The molecular formula is C20H24N2O. The molecular weight excluding hydrogens is 284 g/mol. The van der Waals surface area contributed by atoms with Crippen molar-refractivity contribution in [3.05, 3.63) is 71.3 Å². The maximum absolute atomic E-state index is 12.6. The topological polar surface area (TPSA) is 46.3 Å². The van der Waals surface area contributed by atoms with E-state index in [0.717, 1.165) is 43.5 Å². The first-order valence-electron chi connectivity index (χ1n) is 8.38. The highest BCUT2D eigenvalue weighted by Gasteiger charge is 2.23. The molecule has 1 saturated heterocycles. The summed E-state index contributed by atoms with van der Waals surface area (Å²) >= 11 is 0. The molecule has 0 radical (unpaired) electrons. The number of piperidine rings is 1. The van der Waals surface area contributed by atoms with Crippen LogP contribution in [-0.4, -0.2) is 23.9 Å². The lowest BCUT2D eigenvalue weighted by Gasteiger charge is -2.32. The molecule has 3 heteroatoms. The summed E-state index contributed by atoms with van der Waals surface area (Å²) in [6.07, 6.45) is 3.29. The average molecular weight is 308 g/mol. The van der Waals surface area contributed by atoms with E-state index in [9.17, 15) is 4.79 Å². The predicted molar refractivity (Wildman–Crippen MR) is 93.1 cm³/mol. The fourth-order valence-corrected chi connectivity index (χ4v) is 3.25. The minimum absolute atomic E-state index is 0.145. The quantitative estimate of drug-likeness (QED) is 0.942. The molecule has 23 heavy (non-hydrogen) atoms. The van der Waals surface area contributed by atoms with Crippen LogP contribution in [0.25, 0.3) is 0 Å². The van der Waals surface area contributed by atoms with Crippen LogP contribution in [0.3, 0.4) is 0 Å². The largest absolute Gasteiger partial charge is 0.339 e. The molecule has 120 valence electrons. The minimum Gasteiger partial charge on any atom is -0.339 e. The highest BCUT2D eigenvalue weighted by molar-refractivity contribution is 5.94. The summed E-state index contributed by atoms with van der Waals surface area (Å²) in [5, 5.41) is 0. The molecule has 2 aromatic carbocycles. The first-order valence-corrected chi connectivity index (χ1v) is 8.38. The van der Waals surface area contributed by atoms with Crippen molar-refractivity contribution >= 4 is 5.91 Å². The van der Waals surface area contributed by atoms with E-state index >= 15 is 0 Å². The number of nitrogens with two attached hydrogens (primary N) is 1. The molecule has 0 spiro atoms. The van der Waals surface area contributed by atoms with Gasteiger partial charge in [-0.05, 0) is 48.4 Å². The molecule has 3 nitrogen and oxygen atoms in total. The van der Waals surface area contributed by atoms with E-state index in [1.54, 1.807) is 0 Å². The lowest BCUT2D eigenvalue weighted by molar-refractivity contribution is 0.0690. The Labute approximate surface area is 138 Å². The van der Waals surface area contributed by atoms with E-state index in [1.807, 2.05) is 29.2 Å².